The van der Waals surface area contributed by atoms with E-state index in [9.17, 15) is 0 Å². The van der Waals surface area contributed by atoms with Gasteiger partial charge in [-0.05, 0) is 47.3 Å². The molecule has 2 nitrogen and oxygen atoms in total. The van der Waals surface area contributed by atoms with Crippen LogP contribution in [0.25, 0.3) is 0 Å². The minimum atomic E-state index is 0.853. The van der Waals surface area contributed by atoms with Crippen molar-refractivity contribution in [3.8, 4) is 0 Å². The molecule has 66 valence electrons. The Morgan fingerprint density at radius 3 is 3.00 bits per heavy atom. The van der Waals surface area contributed by atoms with E-state index in [-0.39, 0.29) is 0 Å². The fourth-order valence-corrected chi connectivity index (χ4v) is 1.56. The van der Waals surface area contributed by atoms with Crippen LogP contribution in [0, 0.1) is 5.92 Å². The summed E-state index contributed by atoms with van der Waals surface area (Å²) in [6.45, 7) is 2.06. The Labute approximate surface area is 80.5 Å². The first-order valence-corrected chi connectivity index (χ1v) is 5.08. The molecular weight excluding hydrogens is 218 g/mol. The molecule has 1 aliphatic carbocycles. The van der Waals surface area contributed by atoms with Gasteiger partial charge in [-0.25, -0.2) is 0 Å². The topological polar surface area (TPSA) is 25.2 Å². The molecule has 0 saturated heterocycles. The molecule has 1 aromatic rings. The van der Waals surface area contributed by atoms with Crippen LogP contribution < -0.4 is 5.32 Å². The van der Waals surface area contributed by atoms with E-state index in [1.54, 1.807) is 6.26 Å². The van der Waals surface area contributed by atoms with Crippen molar-refractivity contribution in [2.75, 3.05) is 6.54 Å². The van der Waals surface area contributed by atoms with Crippen molar-refractivity contribution in [3.05, 3.63) is 22.6 Å². The van der Waals surface area contributed by atoms with Gasteiger partial charge in [0.1, 0.15) is 0 Å². The van der Waals surface area contributed by atoms with Gasteiger partial charge in [0.2, 0.25) is 0 Å². The fraction of sp³-hybridized carbons (Fsp3) is 0.556. The third-order valence-corrected chi connectivity index (χ3v) is 2.83. The average Bonchev–Trinajstić information content (AvgIpc) is 2.78. The molecule has 0 atom stereocenters. The van der Waals surface area contributed by atoms with Gasteiger partial charge in [-0.3, -0.25) is 0 Å². The molecule has 0 unspecified atom stereocenters. The normalized spacial score (nSPS) is 16.8. The van der Waals surface area contributed by atoms with Crippen molar-refractivity contribution < 1.29 is 4.42 Å². The maximum absolute atomic E-state index is 5.11. The Hall–Kier alpha value is -0.280. The van der Waals surface area contributed by atoms with Crippen LogP contribution in [0.1, 0.15) is 18.4 Å². The van der Waals surface area contributed by atoms with Crippen LogP contribution in [-0.2, 0) is 6.54 Å². The summed E-state index contributed by atoms with van der Waals surface area (Å²) >= 11 is 3.34. The smallest absolute Gasteiger partial charge is 0.173 e. The molecule has 0 aromatic carbocycles. The van der Waals surface area contributed by atoms with Gasteiger partial charge in [-0.2, -0.15) is 0 Å². The first-order chi connectivity index (χ1) is 5.86. The Bertz CT molecular complexity index is 255. The highest BCUT2D eigenvalue weighted by Gasteiger charge is 2.20. The summed E-state index contributed by atoms with van der Waals surface area (Å²) in [6, 6.07) is 1.99. The highest BCUT2D eigenvalue weighted by atomic mass is 79.9. The van der Waals surface area contributed by atoms with Crippen molar-refractivity contribution in [2.45, 2.75) is 19.4 Å². The van der Waals surface area contributed by atoms with Crippen molar-refractivity contribution in [1.29, 1.82) is 0 Å². The second-order valence-corrected chi connectivity index (χ2v) is 4.01. The molecule has 0 spiro atoms. The summed E-state index contributed by atoms with van der Waals surface area (Å²) in [4.78, 5) is 0. The van der Waals surface area contributed by atoms with Gasteiger partial charge in [0.05, 0.1) is 6.26 Å². The molecule has 0 radical (unpaired) electrons. The molecule has 3 heteroatoms. The molecule has 12 heavy (non-hydrogen) atoms. The SMILES string of the molecule is Brc1occc1CNCC1CC1. The van der Waals surface area contributed by atoms with Gasteiger partial charge in [-0.1, -0.05) is 0 Å². The Morgan fingerprint density at radius 1 is 1.58 bits per heavy atom. The van der Waals surface area contributed by atoms with Crippen molar-refractivity contribution in [2.24, 2.45) is 5.92 Å². The van der Waals surface area contributed by atoms with Crippen LogP contribution in [0.4, 0.5) is 0 Å². The van der Waals surface area contributed by atoms with Gasteiger partial charge >= 0.3 is 0 Å². The molecule has 1 aliphatic rings. The molecule has 1 N–H and O–H groups in total. The van der Waals surface area contributed by atoms with E-state index in [0.717, 1.165) is 23.7 Å². The molecule has 1 fully saturated rings. The Morgan fingerprint density at radius 2 is 2.42 bits per heavy atom. The standard InChI is InChI=1S/C9H12BrNO/c10-9-8(3-4-12-9)6-11-5-7-1-2-7/h3-4,7,11H,1-2,5-6H2. The molecule has 2 rings (SSSR count). The number of nitrogens with one attached hydrogen (secondary N) is 1. The maximum Gasteiger partial charge on any atom is 0.173 e. The van der Waals surface area contributed by atoms with Crippen LogP contribution in [0.2, 0.25) is 0 Å². The zero-order chi connectivity index (χ0) is 8.39. The molecule has 1 saturated carbocycles. The third-order valence-electron chi connectivity index (χ3n) is 2.14. The van der Waals surface area contributed by atoms with Crippen LogP contribution in [0.5, 0.6) is 0 Å². The lowest BCUT2D eigenvalue weighted by atomic mass is 10.3. The number of hydrogen-bond acceptors (Lipinski definition) is 2. The molecule has 1 aromatic heterocycles. The number of furan rings is 1. The number of hydrogen-bond donors (Lipinski definition) is 1. The van der Waals surface area contributed by atoms with Gasteiger partial charge in [-0.15, -0.1) is 0 Å². The summed E-state index contributed by atoms with van der Waals surface area (Å²) < 4.78 is 5.97. The summed E-state index contributed by atoms with van der Waals surface area (Å²) in [7, 11) is 0. The second-order valence-electron chi connectivity index (χ2n) is 3.29. The highest BCUT2D eigenvalue weighted by Crippen LogP contribution is 2.27. The van der Waals surface area contributed by atoms with Crippen molar-refractivity contribution in [3.63, 3.8) is 0 Å². The first-order valence-electron chi connectivity index (χ1n) is 4.29. The van der Waals surface area contributed by atoms with Gasteiger partial charge in [0, 0.05) is 12.1 Å². The Kier molecular flexibility index (Phi) is 2.51. The number of halogens is 1. The average molecular weight is 230 g/mol. The monoisotopic (exact) mass is 229 g/mol. The lowest BCUT2D eigenvalue weighted by Crippen LogP contribution is -2.15. The minimum absolute atomic E-state index is 0.853. The number of rotatable bonds is 4. The predicted octanol–water partition coefficient (Wildman–Crippen LogP) is 2.54. The zero-order valence-electron chi connectivity index (χ0n) is 6.85. The van der Waals surface area contributed by atoms with Crippen molar-refractivity contribution in [1.82, 2.24) is 5.32 Å². The maximum atomic E-state index is 5.11. The largest absolute Gasteiger partial charge is 0.457 e. The summed E-state index contributed by atoms with van der Waals surface area (Å²) in [5.41, 5.74) is 1.20. The summed E-state index contributed by atoms with van der Waals surface area (Å²) in [5, 5.41) is 3.40. The van der Waals surface area contributed by atoms with Crippen LogP contribution in [0.15, 0.2) is 21.4 Å². The van der Waals surface area contributed by atoms with Crippen LogP contribution in [-0.4, -0.2) is 6.54 Å². The van der Waals surface area contributed by atoms with Crippen LogP contribution in [0.3, 0.4) is 0 Å². The van der Waals surface area contributed by atoms with E-state index in [2.05, 4.69) is 21.2 Å². The molecular formula is C9H12BrNO. The molecule has 1 heterocycles. The lowest BCUT2D eigenvalue weighted by molar-refractivity contribution is 0.532. The lowest BCUT2D eigenvalue weighted by Gasteiger charge is -2.00. The fourth-order valence-electron chi connectivity index (χ4n) is 1.18. The van der Waals surface area contributed by atoms with E-state index in [1.165, 1.54) is 18.4 Å². The second kappa shape index (κ2) is 3.62. The van der Waals surface area contributed by atoms with E-state index in [4.69, 9.17) is 4.42 Å². The molecule has 0 bridgehead atoms. The van der Waals surface area contributed by atoms with Crippen molar-refractivity contribution >= 4 is 15.9 Å². The van der Waals surface area contributed by atoms with Crippen LogP contribution >= 0.6 is 15.9 Å². The highest BCUT2D eigenvalue weighted by molar-refractivity contribution is 9.10. The van der Waals surface area contributed by atoms with E-state index >= 15 is 0 Å². The summed E-state index contributed by atoms with van der Waals surface area (Å²) in [6.07, 6.45) is 4.51. The van der Waals surface area contributed by atoms with Gasteiger partial charge < -0.3 is 9.73 Å². The van der Waals surface area contributed by atoms with Gasteiger partial charge in [0.25, 0.3) is 0 Å². The van der Waals surface area contributed by atoms with E-state index < -0.39 is 0 Å². The van der Waals surface area contributed by atoms with E-state index in [0.29, 0.717) is 0 Å². The Balaban J connectivity index is 1.75. The summed E-state index contributed by atoms with van der Waals surface area (Å²) in [5.74, 6) is 0.940. The molecule has 0 amide bonds. The first kappa shape index (κ1) is 8.32. The zero-order valence-corrected chi connectivity index (χ0v) is 8.43. The minimum Gasteiger partial charge on any atom is -0.457 e. The molecule has 0 aliphatic heterocycles. The van der Waals surface area contributed by atoms with Gasteiger partial charge in [0.15, 0.2) is 4.67 Å². The predicted molar refractivity (Wildman–Crippen MR) is 50.8 cm³/mol. The van der Waals surface area contributed by atoms with E-state index in [1.807, 2.05) is 6.07 Å². The third kappa shape index (κ3) is 2.11. The quantitative estimate of drug-likeness (QED) is 0.859.